The fourth-order valence-corrected chi connectivity index (χ4v) is 3.68. The molecule has 0 spiro atoms. The van der Waals surface area contributed by atoms with Crippen LogP contribution in [0.3, 0.4) is 0 Å². The number of rotatable bonds is 10. The Balaban J connectivity index is 0.00000198. The Hall–Kier alpha value is -1.35. The standard InChI is InChI=1S/C23H33ClN2.2C2H6/c1-5-10-22(18-25(3)4)26(17-21-13-7-8-14-23(21)24)16-20-12-9-11-19(6-2)15-20;2*1-2/h7-9,11-15,22H,5-6,10,16-18H2,1-4H3;2*1-2H3/t22-;;/m0../s1. The second-order valence-corrected chi connectivity index (χ2v) is 7.78. The summed E-state index contributed by atoms with van der Waals surface area (Å²) >= 11 is 6.47. The van der Waals surface area contributed by atoms with Gasteiger partial charge in [-0.1, -0.05) is 102 Å². The Morgan fingerprint density at radius 1 is 0.833 bits per heavy atom. The zero-order valence-corrected chi connectivity index (χ0v) is 21.5. The molecule has 0 aliphatic heterocycles. The van der Waals surface area contributed by atoms with Gasteiger partial charge in [-0.25, -0.2) is 0 Å². The molecule has 0 radical (unpaired) electrons. The molecule has 2 rings (SSSR count). The first kappa shape index (κ1) is 28.6. The van der Waals surface area contributed by atoms with Gasteiger partial charge in [-0.15, -0.1) is 0 Å². The minimum Gasteiger partial charge on any atom is -0.308 e. The van der Waals surface area contributed by atoms with Gasteiger partial charge >= 0.3 is 0 Å². The van der Waals surface area contributed by atoms with Gasteiger partial charge in [-0.2, -0.15) is 0 Å². The molecule has 0 unspecified atom stereocenters. The second-order valence-electron chi connectivity index (χ2n) is 7.37. The average molecular weight is 433 g/mol. The number of likely N-dealkylation sites (N-methyl/N-ethyl adjacent to an activating group) is 1. The van der Waals surface area contributed by atoms with Crippen molar-refractivity contribution in [3.63, 3.8) is 0 Å². The van der Waals surface area contributed by atoms with Crippen molar-refractivity contribution in [1.82, 2.24) is 9.80 Å². The van der Waals surface area contributed by atoms with Crippen LogP contribution in [-0.4, -0.2) is 36.5 Å². The highest BCUT2D eigenvalue weighted by Crippen LogP contribution is 2.22. The highest BCUT2D eigenvalue weighted by molar-refractivity contribution is 6.31. The fraction of sp³-hybridized carbons (Fsp3) is 0.556. The Morgan fingerprint density at radius 2 is 1.47 bits per heavy atom. The van der Waals surface area contributed by atoms with Crippen molar-refractivity contribution in [2.24, 2.45) is 0 Å². The lowest BCUT2D eigenvalue weighted by Gasteiger charge is -2.34. The van der Waals surface area contributed by atoms with Crippen LogP contribution in [0.2, 0.25) is 5.02 Å². The summed E-state index contributed by atoms with van der Waals surface area (Å²) in [6.45, 7) is 15.4. The van der Waals surface area contributed by atoms with Crippen LogP contribution in [0.5, 0.6) is 0 Å². The third-order valence-corrected chi connectivity index (χ3v) is 5.20. The van der Waals surface area contributed by atoms with E-state index in [0.717, 1.165) is 31.1 Å². The summed E-state index contributed by atoms with van der Waals surface area (Å²) in [6, 6.07) is 17.7. The summed E-state index contributed by atoms with van der Waals surface area (Å²) in [5.41, 5.74) is 4.00. The minimum absolute atomic E-state index is 0.511. The molecule has 1 atom stereocenters. The van der Waals surface area contributed by atoms with E-state index in [2.05, 4.69) is 74.1 Å². The van der Waals surface area contributed by atoms with E-state index < -0.39 is 0 Å². The topological polar surface area (TPSA) is 6.48 Å². The first-order valence-electron chi connectivity index (χ1n) is 11.7. The highest BCUT2D eigenvalue weighted by Gasteiger charge is 2.20. The largest absolute Gasteiger partial charge is 0.308 e. The van der Waals surface area contributed by atoms with Crippen molar-refractivity contribution in [3.05, 3.63) is 70.2 Å². The summed E-state index contributed by atoms with van der Waals surface area (Å²) in [7, 11) is 4.32. The Bertz CT molecular complexity index is 669. The molecule has 2 aromatic carbocycles. The maximum absolute atomic E-state index is 6.47. The van der Waals surface area contributed by atoms with E-state index in [4.69, 9.17) is 11.6 Å². The van der Waals surface area contributed by atoms with Gasteiger partial charge in [0.25, 0.3) is 0 Å². The molecule has 2 aromatic rings. The van der Waals surface area contributed by atoms with Crippen LogP contribution in [0.15, 0.2) is 48.5 Å². The molecule has 0 saturated carbocycles. The number of hydrogen-bond acceptors (Lipinski definition) is 2. The van der Waals surface area contributed by atoms with Gasteiger partial charge in [0.05, 0.1) is 0 Å². The lowest BCUT2D eigenvalue weighted by Crippen LogP contribution is -2.41. The van der Waals surface area contributed by atoms with Crippen molar-refractivity contribution in [3.8, 4) is 0 Å². The molecule has 2 nitrogen and oxygen atoms in total. The van der Waals surface area contributed by atoms with Gasteiger partial charge in [0.2, 0.25) is 0 Å². The zero-order valence-electron chi connectivity index (χ0n) is 20.7. The first-order valence-corrected chi connectivity index (χ1v) is 12.1. The maximum atomic E-state index is 6.47. The molecule has 3 heteroatoms. The van der Waals surface area contributed by atoms with Gasteiger partial charge in [-0.05, 0) is 49.7 Å². The molecule has 0 saturated heterocycles. The molecule has 0 fully saturated rings. The van der Waals surface area contributed by atoms with Crippen molar-refractivity contribution in [2.45, 2.75) is 79.9 Å². The van der Waals surface area contributed by atoms with E-state index in [9.17, 15) is 0 Å². The zero-order chi connectivity index (χ0) is 22.9. The normalized spacial score (nSPS) is 11.4. The number of halogens is 1. The van der Waals surface area contributed by atoms with Crippen molar-refractivity contribution in [2.75, 3.05) is 20.6 Å². The van der Waals surface area contributed by atoms with Gasteiger partial charge in [0.15, 0.2) is 0 Å². The van der Waals surface area contributed by atoms with Crippen LogP contribution in [0.4, 0.5) is 0 Å². The summed E-state index contributed by atoms with van der Waals surface area (Å²) < 4.78 is 0. The van der Waals surface area contributed by atoms with Crippen molar-refractivity contribution >= 4 is 11.6 Å². The predicted molar refractivity (Wildman–Crippen MR) is 136 cm³/mol. The predicted octanol–water partition coefficient (Wildman–Crippen LogP) is 7.69. The molecule has 30 heavy (non-hydrogen) atoms. The summed E-state index contributed by atoms with van der Waals surface area (Å²) in [5, 5.41) is 0.861. The van der Waals surface area contributed by atoms with Crippen LogP contribution in [-0.2, 0) is 19.5 Å². The molecule has 0 aliphatic carbocycles. The molecule has 0 aromatic heterocycles. The Labute approximate surface area is 192 Å². The minimum atomic E-state index is 0.511. The van der Waals surface area contributed by atoms with Gasteiger partial charge in [-0.3, -0.25) is 4.90 Å². The third kappa shape index (κ3) is 10.6. The van der Waals surface area contributed by atoms with Gasteiger partial charge < -0.3 is 4.90 Å². The van der Waals surface area contributed by atoms with Crippen LogP contribution in [0.25, 0.3) is 0 Å². The molecule has 0 heterocycles. The SMILES string of the molecule is CC.CC.CCC[C@@H](CN(C)C)N(Cc1cccc(CC)c1)Cc1ccccc1Cl. The molecule has 0 amide bonds. The van der Waals surface area contributed by atoms with E-state index in [0.29, 0.717) is 6.04 Å². The summed E-state index contributed by atoms with van der Waals surface area (Å²) in [5.74, 6) is 0. The van der Waals surface area contributed by atoms with Gasteiger partial charge in [0.1, 0.15) is 0 Å². The van der Waals surface area contributed by atoms with E-state index in [1.54, 1.807) is 0 Å². The number of aryl methyl sites for hydroxylation is 1. The van der Waals surface area contributed by atoms with E-state index in [-0.39, 0.29) is 0 Å². The van der Waals surface area contributed by atoms with Gasteiger partial charge in [0, 0.05) is 30.7 Å². The number of hydrogen-bond donors (Lipinski definition) is 0. The van der Waals surface area contributed by atoms with Crippen LogP contribution < -0.4 is 0 Å². The second kappa shape index (κ2) is 17.3. The molecular formula is C27H45ClN2. The summed E-state index contributed by atoms with van der Waals surface area (Å²) in [6.07, 6.45) is 3.46. The van der Waals surface area contributed by atoms with Crippen LogP contribution in [0.1, 0.15) is 71.1 Å². The number of benzene rings is 2. The Kier molecular flexibility index (Phi) is 16.6. The van der Waals surface area contributed by atoms with Crippen molar-refractivity contribution in [1.29, 1.82) is 0 Å². The fourth-order valence-electron chi connectivity index (χ4n) is 3.49. The number of nitrogens with zero attached hydrogens (tertiary/aromatic N) is 2. The lowest BCUT2D eigenvalue weighted by atomic mass is 10.0. The molecule has 0 aliphatic rings. The third-order valence-electron chi connectivity index (χ3n) is 4.83. The average Bonchev–Trinajstić information content (AvgIpc) is 2.77. The monoisotopic (exact) mass is 432 g/mol. The van der Waals surface area contributed by atoms with Crippen LogP contribution in [0, 0.1) is 0 Å². The summed E-state index contributed by atoms with van der Waals surface area (Å²) in [4.78, 5) is 4.89. The van der Waals surface area contributed by atoms with E-state index in [1.807, 2.05) is 39.8 Å². The molecular weight excluding hydrogens is 388 g/mol. The molecule has 0 bridgehead atoms. The maximum Gasteiger partial charge on any atom is 0.0451 e. The van der Waals surface area contributed by atoms with Crippen molar-refractivity contribution < 1.29 is 0 Å². The quantitative estimate of drug-likeness (QED) is 0.379. The Morgan fingerprint density at radius 3 is 2.03 bits per heavy atom. The smallest absolute Gasteiger partial charge is 0.0451 e. The van der Waals surface area contributed by atoms with E-state index in [1.165, 1.54) is 29.5 Å². The lowest BCUT2D eigenvalue weighted by molar-refractivity contribution is 0.137. The van der Waals surface area contributed by atoms with Crippen LogP contribution >= 0.6 is 11.6 Å². The molecule has 170 valence electrons. The van der Waals surface area contributed by atoms with E-state index >= 15 is 0 Å². The first-order chi connectivity index (χ1) is 14.5. The molecule has 0 N–H and O–H groups in total. The highest BCUT2D eigenvalue weighted by atomic mass is 35.5.